The Bertz CT molecular complexity index is 1450. The molecule has 1 aliphatic heterocycles. The lowest BCUT2D eigenvalue weighted by Crippen LogP contribution is -2.40. The van der Waals surface area contributed by atoms with E-state index in [2.05, 4.69) is 4.99 Å². The molecule has 2 heterocycles. The summed E-state index contributed by atoms with van der Waals surface area (Å²) in [6.45, 7) is 5.83. The number of hydrogen-bond acceptors (Lipinski definition) is 7. The van der Waals surface area contributed by atoms with Crippen molar-refractivity contribution >= 4 is 23.4 Å². The van der Waals surface area contributed by atoms with Crippen molar-refractivity contribution in [3.05, 3.63) is 90.6 Å². The zero-order chi connectivity index (χ0) is 25.1. The fourth-order valence-corrected chi connectivity index (χ4v) is 5.11. The highest BCUT2D eigenvalue weighted by Crippen LogP contribution is 2.32. The van der Waals surface area contributed by atoms with Gasteiger partial charge in [-0.15, -0.1) is 0 Å². The van der Waals surface area contributed by atoms with E-state index in [9.17, 15) is 9.59 Å². The van der Waals surface area contributed by atoms with Crippen LogP contribution in [0.5, 0.6) is 11.5 Å². The summed E-state index contributed by atoms with van der Waals surface area (Å²) in [5.74, 6) is 0.739. The molecule has 0 aliphatic carbocycles. The predicted molar refractivity (Wildman–Crippen MR) is 136 cm³/mol. The molecule has 0 saturated heterocycles. The molecule has 0 N–H and O–H groups in total. The van der Waals surface area contributed by atoms with Gasteiger partial charge < -0.3 is 14.2 Å². The van der Waals surface area contributed by atoms with Crippen LogP contribution in [0.25, 0.3) is 6.08 Å². The van der Waals surface area contributed by atoms with E-state index in [1.807, 2.05) is 69.3 Å². The molecule has 0 fully saturated rings. The van der Waals surface area contributed by atoms with Crippen LogP contribution >= 0.6 is 11.3 Å². The monoisotopic (exact) mass is 492 g/mol. The van der Waals surface area contributed by atoms with E-state index in [1.165, 1.54) is 18.4 Å². The van der Waals surface area contributed by atoms with Crippen LogP contribution in [0.2, 0.25) is 0 Å². The molecule has 0 unspecified atom stereocenters. The number of methoxy groups -OCH3 is 2. The number of fused-ring (bicyclic) bond motifs is 1. The Hall–Kier alpha value is -3.65. The average Bonchev–Trinajstić information content (AvgIpc) is 3.17. The molecule has 182 valence electrons. The average molecular weight is 493 g/mol. The van der Waals surface area contributed by atoms with Gasteiger partial charge in [-0.25, -0.2) is 9.79 Å². The van der Waals surface area contributed by atoms with E-state index < -0.39 is 12.0 Å². The van der Waals surface area contributed by atoms with Crippen LogP contribution in [0.1, 0.15) is 44.4 Å². The summed E-state index contributed by atoms with van der Waals surface area (Å²) in [7, 11) is 2.93. The summed E-state index contributed by atoms with van der Waals surface area (Å²) in [4.78, 5) is 31.7. The Kier molecular flexibility index (Phi) is 7.21. The van der Waals surface area contributed by atoms with Gasteiger partial charge in [0.25, 0.3) is 5.56 Å². The molecular weight excluding hydrogens is 464 g/mol. The molecule has 0 saturated carbocycles. The van der Waals surface area contributed by atoms with Gasteiger partial charge in [-0.05, 0) is 49.6 Å². The van der Waals surface area contributed by atoms with Gasteiger partial charge in [-0.2, -0.15) is 0 Å². The van der Waals surface area contributed by atoms with E-state index in [-0.39, 0.29) is 11.7 Å². The third kappa shape index (κ3) is 4.79. The Balaban J connectivity index is 1.91. The van der Waals surface area contributed by atoms with Gasteiger partial charge in [0, 0.05) is 0 Å². The van der Waals surface area contributed by atoms with Crippen LogP contribution in [0.3, 0.4) is 0 Å². The maximum absolute atomic E-state index is 13.7. The highest BCUT2D eigenvalue weighted by molar-refractivity contribution is 7.07. The van der Waals surface area contributed by atoms with Gasteiger partial charge >= 0.3 is 5.97 Å². The number of benzene rings is 2. The van der Waals surface area contributed by atoms with Crippen molar-refractivity contribution < 1.29 is 19.0 Å². The molecule has 0 spiro atoms. The fourth-order valence-electron chi connectivity index (χ4n) is 4.09. The molecule has 0 amide bonds. The molecule has 3 aromatic rings. The molecule has 8 heteroatoms. The van der Waals surface area contributed by atoms with E-state index in [1.54, 1.807) is 17.8 Å². The van der Waals surface area contributed by atoms with Gasteiger partial charge in [-0.1, -0.05) is 54.7 Å². The molecule has 1 aromatic heterocycles. The minimum Gasteiger partial charge on any atom is -0.493 e. The molecule has 1 aliphatic rings. The zero-order valence-electron chi connectivity index (χ0n) is 20.4. The maximum Gasteiger partial charge on any atom is 0.338 e. The Morgan fingerprint density at radius 2 is 1.89 bits per heavy atom. The zero-order valence-corrected chi connectivity index (χ0v) is 21.2. The first kappa shape index (κ1) is 24.5. The molecule has 2 aromatic carbocycles. The number of carbonyl (C=O) groups is 1. The third-order valence-electron chi connectivity index (χ3n) is 5.61. The molecule has 1 atom stereocenters. The van der Waals surface area contributed by atoms with Crippen LogP contribution in [0.4, 0.5) is 0 Å². The Labute approximate surface area is 207 Å². The summed E-state index contributed by atoms with van der Waals surface area (Å²) >= 11 is 1.29. The number of aromatic nitrogens is 1. The summed E-state index contributed by atoms with van der Waals surface area (Å²) in [6.07, 6.45) is 2.35. The van der Waals surface area contributed by atoms with Crippen LogP contribution < -0.4 is 24.4 Å². The van der Waals surface area contributed by atoms with Crippen molar-refractivity contribution in [2.24, 2.45) is 4.99 Å². The quantitative estimate of drug-likeness (QED) is 0.471. The molecule has 0 bridgehead atoms. The van der Waals surface area contributed by atoms with Gasteiger partial charge in [0.05, 0.1) is 42.2 Å². The van der Waals surface area contributed by atoms with E-state index in [0.29, 0.717) is 38.5 Å². The fraction of sp³-hybridized carbons (Fsp3) is 0.296. The van der Waals surface area contributed by atoms with Gasteiger partial charge in [0.1, 0.15) is 0 Å². The second kappa shape index (κ2) is 10.3. The number of esters is 1. The third-order valence-corrected chi connectivity index (χ3v) is 6.60. The second-order valence-corrected chi connectivity index (χ2v) is 9.28. The van der Waals surface area contributed by atoms with E-state index >= 15 is 0 Å². The minimum absolute atomic E-state index is 0.00759. The molecular formula is C27H28N2O5S. The van der Waals surface area contributed by atoms with Gasteiger partial charge in [0.2, 0.25) is 0 Å². The first-order chi connectivity index (χ1) is 16.9. The number of thiazole rings is 1. The second-order valence-electron chi connectivity index (χ2n) is 8.28. The SMILES string of the molecule is CCC1=C(C(=O)OC)[C@@H](c2ccccc2)n2c(s/c(=C\c3ccc(OC(C)C)c(OC)c3)c2=O)=N1. The maximum atomic E-state index is 13.7. The molecule has 35 heavy (non-hydrogen) atoms. The minimum atomic E-state index is -0.617. The Morgan fingerprint density at radius 3 is 2.51 bits per heavy atom. The van der Waals surface area contributed by atoms with Crippen molar-refractivity contribution in [2.45, 2.75) is 39.3 Å². The van der Waals surface area contributed by atoms with Crippen molar-refractivity contribution in [1.82, 2.24) is 4.57 Å². The Morgan fingerprint density at radius 1 is 1.14 bits per heavy atom. The lowest BCUT2D eigenvalue weighted by Gasteiger charge is -2.25. The van der Waals surface area contributed by atoms with Crippen molar-refractivity contribution in [3.63, 3.8) is 0 Å². The molecule has 7 nitrogen and oxygen atoms in total. The van der Waals surface area contributed by atoms with Crippen LogP contribution in [-0.2, 0) is 9.53 Å². The first-order valence-electron chi connectivity index (χ1n) is 11.4. The topological polar surface area (TPSA) is 79.1 Å². The standard InChI is InChI=1S/C27H28N2O5S/c1-6-19-23(26(31)33-5)24(18-10-8-7-9-11-18)29-25(30)22(35-27(29)28-19)15-17-12-13-20(34-16(2)3)21(14-17)32-4/h7-16,24H,6H2,1-5H3/b22-15-/t24-/m1/s1. The van der Waals surface area contributed by atoms with Gasteiger partial charge in [-0.3, -0.25) is 9.36 Å². The normalized spacial score (nSPS) is 15.6. The summed E-state index contributed by atoms with van der Waals surface area (Å²) in [5, 5.41) is 0. The smallest absolute Gasteiger partial charge is 0.338 e. The number of hydrogen-bond donors (Lipinski definition) is 0. The predicted octanol–water partition coefficient (Wildman–Crippen LogP) is 3.59. The first-order valence-corrected chi connectivity index (χ1v) is 12.2. The van der Waals surface area contributed by atoms with Crippen molar-refractivity contribution in [2.75, 3.05) is 14.2 Å². The highest BCUT2D eigenvalue weighted by atomic mass is 32.1. The molecule has 4 rings (SSSR count). The lowest BCUT2D eigenvalue weighted by atomic mass is 9.95. The van der Waals surface area contributed by atoms with Crippen molar-refractivity contribution in [1.29, 1.82) is 0 Å². The van der Waals surface area contributed by atoms with Gasteiger partial charge in [0.15, 0.2) is 16.3 Å². The summed E-state index contributed by atoms with van der Waals surface area (Å²) < 4.78 is 18.5. The van der Waals surface area contributed by atoms with Crippen LogP contribution in [0.15, 0.2) is 69.6 Å². The van der Waals surface area contributed by atoms with Crippen molar-refractivity contribution in [3.8, 4) is 11.5 Å². The summed E-state index contributed by atoms with van der Waals surface area (Å²) in [6, 6.07) is 14.4. The number of rotatable bonds is 7. The number of carbonyl (C=O) groups excluding carboxylic acids is 1. The number of ether oxygens (including phenoxy) is 3. The summed E-state index contributed by atoms with van der Waals surface area (Å²) in [5.41, 5.74) is 2.40. The van der Waals surface area contributed by atoms with E-state index in [4.69, 9.17) is 14.2 Å². The lowest BCUT2D eigenvalue weighted by molar-refractivity contribution is -0.136. The molecule has 0 radical (unpaired) electrons. The number of allylic oxidation sites excluding steroid dienone is 1. The van der Waals surface area contributed by atoms with Crippen LogP contribution in [-0.4, -0.2) is 30.9 Å². The van der Waals surface area contributed by atoms with E-state index in [0.717, 1.165) is 11.1 Å². The highest BCUT2D eigenvalue weighted by Gasteiger charge is 2.33. The largest absolute Gasteiger partial charge is 0.493 e. The van der Waals surface area contributed by atoms with Crippen LogP contribution in [0, 0.1) is 0 Å². The number of nitrogens with zero attached hydrogens (tertiary/aromatic N) is 2.